The molecule has 1 amide bonds. The van der Waals surface area contributed by atoms with Crippen LogP contribution >= 0.6 is 0 Å². The summed E-state index contributed by atoms with van der Waals surface area (Å²) in [5, 5.41) is 0. The van der Waals surface area contributed by atoms with Crippen molar-refractivity contribution >= 4 is 5.91 Å². The number of amides is 1. The van der Waals surface area contributed by atoms with Gasteiger partial charge in [0.2, 0.25) is 5.91 Å². The number of nitrogens with zero attached hydrogens (tertiary/aromatic N) is 1. The van der Waals surface area contributed by atoms with Crippen LogP contribution in [-0.2, 0) is 4.79 Å². The van der Waals surface area contributed by atoms with Gasteiger partial charge in [0.05, 0.1) is 0 Å². The van der Waals surface area contributed by atoms with E-state index >= 15 is 0 Å². The summed E-state index contributed by atoms with van der Waals surface area (Å²) in [7, 11) is 1.94. The van der Waals surface area contributed by atoms with Crippen molar-refractivity contribution in [2.45, 2.75) is 90.0 Å². The van der Waals surface area contributed by atoms with E-state index in [-0.39, 0.29) is 5.91 Å². The highest BCUT2D eigenvalue weighted by Crippen LogP contribution is 2.41. The second-order valence-electron chi connectivity index (χ2n) is 8.00. The lowest BCUT2D eigenvalue weighted by atomic mass is 9.69. The van der Waals surface area contributed by atoms with Crippen molar-refractivity contribution in [3.8, 4) is 0 Å². The maximum absolute atomic E-state index is 11.7. The predicted molar refractivity (Wildman–Crippen MR) is 98.3 cm³/mol. The summed E-state index contributed by atoms with van der Waals surface area (Å²) in [5.74, 6) is 3.00. The Hall–Kier alpha value is -0.790. The van der Waals surface area contributed by atoms with Crippen LogP contribution in [0.2, 0.25) is 0 Å². The molecule has 0 unspecified atom stereocenters. The zero-order valence-corrected chi connectivity index (χ0v) is 15.4. The van der Waals surface area contributed by atoms with E-state index in [2.05, 4.69) is 13.5 Å². The second-order valence-corrected chi connectivity index (χ2v) is 8.00. The first kappa shape index (κ1) is 18.5. The Morgan fingerprint density at radius 2 is 1.57 bits per heavy atom. The third-order valence-corrected chi connectivity index (χ3v) is 6.59. The molecule has 0 aromatic heterocycles. The molecule has 132 valence electrons. The highest BCUT2D eigenvalue weighted by Gasteiger charge is 2.32. The maximum atomic E-state index is 11.7. The van der Waals surface area contributed by atoms with E-state index in [1.54, 1.807) is 0 Å². The fourth-order valence-corrected chi connectivity index (χ4v) is 4.92. The average molecular weight is 320 g/mol. The van der Waals surface area contributed by atoms with E-state index in [1.807, 2.05) is 11.9 Å². The Balaban J connectivity index is 1.68. The van der Waals surface area contributed by atoms with Gasteiger partial charge in [-0.1, -0.05) is 52.0 Å². The minimum absolute atomic E-state index is 0.0843. The van der Waals surface area contributed by atoms with Crippen molar-refractivity contribution in [2.24, 2.45) is 17.8 Å². The SMILES string of the molecule is C=CC(=O)N(C)C1CCC(C2CCC(CCCCC)CC2)CC1. The van der Waals surface area contributed by atoms with Gasteiger partial charge in [0.25, 0.3) is 0 Å². The molecule has 0 saturated heterocycles. The number of hydrogen-bond acceptors (Lipinski definition) is 1. The van der Waals surface area contributed by atoms with Gasteiger partial charge in [0.15, 0.2) is 0 Å². The molecule has 2 saturated carbocycles. The van der Waals surface area contributed by atoms with Gasteiger partial charge in [0.1, 0.15) is 0 Å². The molecule has 2 heteroatoms. The topological polar surface area (TPSA) is 20.3 Å². The van der Waals surface area contributed by atoms with Crippen LogP contribution < -0.4 is 0 Å². The zero-order valence-electron chi connectivity index (χ0n) is 15.4. The molecule has 0 radical (unpaired) electrons. The molecule has 0 atom stereocenters. The van der Waals surface area contributed by atoms with Gasteiger partial charge in [-0.05, 0) is 62.4 Å². The third-order valence-electron chi connectivity index (χ3n) is 6.59. The molecule has 0 spiro atoms. The minimum Gasteiger partial charge on any atom is -0.339 e. The van der Waals surface area contributed by atoms with Crippen LogP contribution in [0.15, 0.2) is 12.7 Å². The standard InChI is InChI=1S/C21H37NO/c1-4-6-7-8-17-9-11-18(12-10-17)19-13-15-20(16-14-19)22(3)21(23)5-2/h5,17-20H,2,4,6-16H2,1,3H3. The molecule has 0 aromatic carbocycles. The number of hydrogen-bond donors (Lipinski definition) is 0. The van der Waals surface area contributed by atoms with Crippen LogP contribution in [0.4, 0.5) is 0 Å². The van der Waals surface area contributed by atoms with Crippen molar-refractivity contribution in [3.63, 3.8) is 0 Å². The van der Waals surface area contributed by atoms with E-state index in [4.69, 9.17) is 0 Å². The molecule has 2 nitrogen and oxygen atoms in total. The summed E-state index contributed by atoms with van der Waals surface area (Å²) in [6.07, 6.45) is 18.0. The summed E-state index contributed by atoms with van der Waals surface area (Å²) in [4.78, 5) is 13.7. The highest BCUT2D eigenvalue weighted by atomic mass is 16.2. The van der Waals surface area contributed by atoms with Gasteiger partial charge < -0.3 is 4.90 Å². The minimum atomic E-state index is 0.0843. The van der Waals surface area contributed by atoms with Crippen molar-refractivity contribution in [3.05, 3.63) is 12.7 Å². The second kappa shape index (κ2) is 9.49. The fraction of sp³-hybridized carbons (Fsp3) is 0.857. The lowest BCUT2D eigenvalue weighted by molar-refractivity contribution is -0.127. The normalized spacial score (nSPS) is 31.6. The van der Waals surface area contributed by atoms with Gasteiger partial charge >= 0.3 is 0 Å². The summed E-state index contributed by atoms with van der Waals surface area (Å²) in [5.41, 5.74) is 0. The molecule has 23 heavy (non-hydrogen) atoms. The number of carbonyl (C=O) groups excluding carboxylic acids is 1. The molecule has 0 aromatic rings. The lowest BCUT2D eigenvalue weighted by Crippen LogP contribution is -2.39. The number of rotatable bonds is 7. The molecular weight excluding hydrogens is 282 g/mol. The highest BCUT2D eigenvalue weighted by molar-refractivity contribution is 5.87. The Bertz CT molecular complexity index is 362. The largest absolute Gasteiger partial charge is 0.339 e. The van der Waals surface area contributed by atoms with Crippen LogP contribution in [0, 0.1) is 17.8 Å². The van der Waals surface area contributed by atoms with Crippen molar-refractivity contribution in [2.75, 3.05) is 7.05 Å². The van der Waals surface area contributed by atoms with Gasteiger partial charge in [-0.3, -0.25) is 4.79 Å². The summed E-state index contributed by atoms with van der Waals surface area (Å²) < 4.78 is 0. The molecule has 2 fully saturated rings. The predicted octanol–water partition coefficient (Wildman–Crippen LogP) is 5.58. The van der Waals surface area contributed by atoms with Crippen LogP contribution in [0.25, 0.3) is 0 Å². The van der Waals surface area contributed by atoms with E-state index in [9.17, 15) is 4.79 Å². The molecular formula is C21H37NO. The van der Waals surface area contributed by atoms with Gasteiger partial charge in [-0.15, -0.1) is 0 Å². The van der Waals surface area contributed by atoms with Gasteiger partial charge in [0, 0.05) is 13.1 Å². The Labute approximate surface area is 143 Å². The molecule has 2 rings (SSSR count). The number of likely N-dealkylation sites (N-methyl/N-ethyl adjacent to an activating group) is 1. The molecule has 0 heterocycles. The first-order valence-electron chi connectivity index (χ1n) is 10.0. The van der Waals surface area contributed by atoms with E-state index < -0.39 is 0 Å². The Kier molecular flexibility index (Phi) is 7.65. The van der Waals surface area contributed by atoms with Crippen molar-refractivity contribution in [1.82, 2.24) is 4.90 Å². The van der Waals surface area contributed by atoms with Crippen LogP contribution in [0.3, 0.4) is 0 Å². The molecule has 0 aliphatic heterocycles. The van der Waals surface area contributed by atoms with E-state index in [1.165, 1.54) is 83.1 Å². The number of unbranched alkanes of at least 4 members (excludes halogenated alkanes) is 2. The third kappa shape index (κ3) is 5.36. The van der Waals surface area contributed by atoms with Crippen LogP contribution in [0.1, 0.15) is 84.0 Å². The smallest absolute Gasteiger partial charge is 0.245 e. The fourth-order valence-electron chi connectivity index (χ4n) is 4.92. The monoisotopic (exact) mass is 319 g/mol. The van der Waals surface area contributed by atoms with Crippen LogP contribution in [-0.4, -0.2) is 23.9 Å². The average Bonchev–Trinajstić information content (AvgIpc) is 2.61. The Morgan fingerprint density at radius 3 is 2.09 bits per heavy atom. The quantitative estimate of drug-likeness (QED) is 0.443. The molecule has 0 bridgehead atoms. The summed E-state index contributed by atoms with van der Waals surface area (Å²) in [6.45, 7) is 5.91. The maximum Gasteiger partial charge on any atom is 0.245 e. The van der Waals surface area contributed by atoms with Crippen molar-refractivity contribution < 1.29 is 4.79 Å². The summed E-state index contributed by atoms with van der Waals surface area (Å²) in [6, 6.07) is 0.446. The van der Waals surface area contributed by atoms with E-state index in [0.29, 0.717) is 6.04 Å². The van der Waals surface area contributed by atoms with Gasteiger partial charge in [-0.25, -0.2) is 0 Å². The summed E-state index contributed by atoms with van der Waals surface area (Å²) >= 11 is 0. The zero-order chi connectivity index (χ0) is 16.7. The van der Waals surface area contributed by atoms with Gasteiger partial charge in [-0.2, -0.15) is 0 Å². The van der Waals surface area contributed by atoms with Crippen molar-refractivity contribution in [1.29, 1.82) is 0 Å². The molecule has 2 aliphatic rings. The first-order chi connectivity index (χ1) is 11.2. The molecule has 2 aliphatic carbocycles. The molecule has 0 N–H and O–H groups in total. The first-order valence-corrected chi connectivity index (χ1v) is 10.0. The van der Waals surface area contributed by atoms with E-state index in [0.717, 1.165) is 17.8 Å². The number of carbonyl (C=O) groups is 1. The Morgan fingerprint density at radius 1 is 1.00 bits per heavy atom. The lowest BCUT2D eigenvalue weighted by Gasteiger charge is -2.40. The van der Waals surface area contributed by atoms with Crippen LogP contribution in [0.5, 0.6) is 0 Å².